The maximum atomic E-state index is 5.56. The van der Waals surface area contributed by atoms with Crippen molar-refractivity contribution < 1.29 is 4.74 Å². The highest BCUT2D eigenvalue weighted by Crippen LogP contribution is 2.19. The van der Waals surface area contributed by atoms with E-state index in [0.29, 0.717) is 6.10 Å². The zero-order valence-electron chi connectivity index (χ0n) is 9.25. The Kier molecular flexibility index (Phi) is 4.74. The van der Waals surface area contributed by atoms with Crippen LogP contribution in [0.25, 0.3) is 0 Å². The summed E-state index contributed by atoms with van der Waals surface area (Å²) in [7, 11) is 2.21. The zero-order valence-corrected chi connectivity index (χ0v) is 9.25. The number of piperidine rings is 1. The average molecular weight is 185 g/mol. The molecule has 0 aromatic carbocycles. The first kappa shape index (κ1) is 11.0. The topological polar surface area (TPSA) is 12.5 Å². The molecule has 0 aromatic heterocycles. The molecule has 1 heterocycles. The largest absolute Gasteiger partial charge is 0.379 e. The zero-order chi connectivity index (χ0) is 9.68. The summed E-state index contributed by atoms with van der Waals surface area (Å²) in [6.07, 6.45) is 4.37. The molecule has 1 saturated heterocycles. The lowest BCUT2D eigenvalue weighted by Gasteiger charge is -2.28. The standard InChI is InChI=1S/C11H23NO/c1-10(2)13-9-6-11-4-7-12(3)8-5-11/h10-11H,4-9H2,1-3H3. The Morgan fingerprint density at radius 3 is 2.46 bits per heavy atom. The van der Waals surface area contributed by atoms with E-state index in [9.17, 15) is 0 Å². The molecule has 1 rings (SSSR count). The SMILES string of the molecule is CC(C)OCCC1CCN(C)CC1. The number of likely N-dealkylation sites (tertiary alicyclic amines) is 1. The van der Waals surface area contributed by atoms with Crippen LogP contribution in [0.2, 0.25) is 0 Å². The van der Waals surface area contributed by atoms with E-state index in [1.54, 1.807) is 0 Å². The van der Waals surface area contributed by atoms with E-state index in [1.165, 1.54) is 32.4 Å². The smallest absolute Gasteiger partial charge is 0.0518 e. The molecule has 1 aliphatic heterocycles. The van der Waals surface area contributed by atoms with E-state index in [0.717, 1.165) is 12.5 Å². The van der Waals surface area contributed by atoms with Crippen molar-refractivity contribution in [3.05, 3.63) is 0 Å². The van der Waals surface area contributed by atoms with Gasteiger partial charge in [0.1, 0.15) is 0 Å². The molecule has 0 spiro atoms. The molecule has 2 nitrogen and oxygen atoms in total. The molecule has 1 fully saturated rings. The first-order chi connectivity index (χ1) is 6.18. The third-order valence-electron chi connectivity index (χ3n) is 2.82. The third-order valence-corrected chi connectivity index (χ3v) is 2.82. The van der Waals surface area contributed by atoms with E-state index >= 15 is 0 Å². The first-order valence-electron chi connectivity index (χ1n) is 5.48. The molecule has 0 N–H and O–H groups in total. The van der Waals surface area contributed by atoms with Crippen LogP contribution in [0.1, 0.15) is 33.1 Å². The monoisotopic (exact) mass is 185 g/mol. The summed E-state index contributed by atoms with van der Waals surface area (Å²) < 4.78 is 5.56. The highest BCUT2D eigenvalue weighted by Gasteiger charge is 2.16. The Morgan fingerprint density at radius 1 is 1.31 bits per heavy atom. The molecule has 0 amide bonds. The molecule has 0 bridgehead atoms. The molecule has 78 valence electrons. The summed E-state index contributed by atoms with van der Waals surface area (Å²) in [5.41, 5.74) is 0. The highest BCUT2D eigenvalue weighted by molar-refractivity contribution is 4.69. The maximum absolute atomic E-state index is 5.56. The Labute approximate surface area is 82.3 Å². The van der Waals surface area contributed by atoms with Crippen LogP contribution in [0.15, 0.2) is 0 Å². The van der Waals surface area contributed by atoms with E-state index < -0.39 is 0 Å². The fourth-order valence-corrected chi connectivity index (χ4v) is 1.82. The van der Waals surface area contributed by atoms with Gasteiger partial charge in [0.2, 0.25) is 0 Å². The minimum absolute atomic E-state index is 0.395. The van der Waals surface area contributed by atoms with Crippen molar-refractivity contribution in [2.24, 2.45) is 5.92 Å². The van der Waals surface area contributed by atoms with Gasteiger partial charge in [0.25, 0.3) is 0 Å². The van der Waals surface area contributed by atoms with Crippen LogP contribution in [0.3, 0.4) is 0 Å². The summed E-state index contributed by atoms with van der Waals surface area (Å²) in [5.74, 6) is 0.912. The number of ether oxygens (including phenoxy) is 1. The number of hydrogen-bond acceptors (Lipinski definition) is 2. The first-order valence-corrected chi connectivity index (χ1v) is 5.48. The summed E-state index contributed by atoms with van der Waals surface area (Å²) in [4.78, 5) is 2.42. The summed E-state index contributed by atoms with van der Waals surface area (Å²) >= 11 is 0. The number of hydrogen-bond donors (Lipinski definition) is 0. The summed E-state index contributed by atoms with van der Waals surface area (Å²) in [5, 5.41) is 0. The molecule has 0 unspecified atom stereocenters. The van der Waals surface area contributed by atoms with E-state index in [4.69, 9.17) is 4.74 Å². The van der Waals surface area contributed by atoms with Crippen LogP contribution in [0.4, 0.5) is 0 Å². The van der Waals surface area contributed by atoms with Crippen LogP contribution >= 0.6 is 0 Å². The van der Waals surface area contributed by atoms with Gasteiger partial charge in [0.05, 0.1) is 6.10 Å². The van der Waals surface area contributed by atoms with Gasteiger partial charge in [0.15, 0.2) is 0 Å². The van der Waals surface area contributed by atoms with Gasteiger partial charge in [-0.15, -0.1) is 0 Å². The lowest BCUT2D eigenvalue weighted by atomic mass is 9.94. The molecular weight excluding hydrogens is 162 g/mol. The van der Waals surface area contributed by atoms with Crippen LogP contribution < -0.4 is 0 Å². The molecule has 0 aliphatic carbocycles. The van der Waals surface area contributed by atoms with Crippen molar-refractivity contribution in [2.75, 3.05) is 26.7 Å². The highest BCUT2D eigenvalue weighted by atomic mass is 16.5. The Balaban J connectivity index is 2.02. The van der Waals surface area contributed by atoms with Gasteiger partial charge in [-0.3, -0.25) is 0 Å². The predicted molar refractivity (Wildman–Crippen MR) is 55.9 cm³/mol. The van der Waals surface area contributed by atoms with Crippen molar-refractivity contribution in [2.45, 2.75) is 39.2 Å². The van der Waals surface area contributed by atoms with Crippen molar-refractivity contribution in [3.63, 3.8) is 0 Å². The van der Waals surface area contributed by atoms with Crippen LogP contribution in [-0.2, 0) is 4.74 Å². The summed E-state index contributed by atoms with van der Waals surface area (Å²) in [6, 6.07) is 0. The van der Waals surface area contributed by atoms with E-state index in [-0.39, 0.29) is 0 Å². The molecule has 2 heteroatoms. The van der Waals surface area contributed by atoms with Crippen molar-refractivity contribution in [1.29, 1.82) is 0 Å². The summed E-state index contributed by atoms with van der Waals surface area (Å²) in [6.45, 7) is 7.70. The molecule has 13 heavy (non-hydrogen) atoms. The third kappa shape index (κ3) is 4.63. The molecule has 0 atom stereocenters. The Hall–Kier alpha value is -0.0800. The molecule has 1 aliphatic rings. The molecular formula is C11H23NO. The molecule has 0 radical (unpaired) electrons. The Bertz CT molecular complexity index is 128. The second kappa shape index (κ2) is 5.61. The minimum Gasteiger partial charge on any atom is -0.379 e. The minimum atomic E-state index is 0.395. The lowest BCUT2D eigenvalue weighted by Crippen LogP contribution is -2.30. The van der Waals surface area contributed by atoms with Crippen LogP contribution in [-0.4, -0.2) is 37.7 Å². The van der Waals surface area contributed by atoms with Crippen molar-refractivity contribution >= 4 is 0 Å². The fraction of sp³-hybridized carbons (Fsp3) is 1.00. The normalized spacial score (nSPS) is 21.2. The second-order valence-electron chi connectivity index (χ2n) is 4.45. The van der Waals surface area contributed by atoms with Gasteiger partial charge < -0.3 is 9.64 Å². The van der Waals surface area contributed by atoms with Crippen LogP contribution in [0.5, 0.6) is 0 Å². The lowest BCUT2D eigenvalue weighted by molar-refractivity contribution is 0.0611. The molecule has 0 aromatic rings. The van der Waals surface area contributed by atoms with Gasteiger partial charge in [0, 0.05) is 6.61 Å². The van der Waals surface area contributed by atoms with Gasteiger partial charge in [-0.2, -0.15) is 0 Å². The van der Waals surface area contributed by atoms with E-state index in [2.05, 4.69) is 25.8 Å². The van der Waals surface area contributed by atoms with Gasteiger partial charge >= 0.3 is 0 Å². The van der Waals surface area contributed by atoms with E-state index in [1.807, 2.05) is 0 Å². The maximum Gasteiger partial charge on any atom is 0.0518 e. The van der Waals surface area contributed by atoms with Gasteiger partial charge in [-0.1, -0.05) is 0 Å². The number of nitrogens with zero attached hydrogens (tertiary/aromatic N) is 1. The second-order valence-corrected chi connectivity index (χ2v) is 4.45. The van der Waals surface area contributed by atoms with Crippen molar-refractivity contribution in [1.82, 2.24) is 4.90 Å². The van der Waals surface area contributed by atoms with Crippen LogP contribution in [0, 0.1) is 5.92 Å². The predicted octanol–water partition coefficient (Wildman–Crippen LogP) is 2.14. The fourth-order valence-electron chi connectivity index (χ4n) is 1.82. The van der Waals surface area contributed by atoms with Gasteiger partial charge in [-0.25, -0.2) is 0 Å². The quantitative estimate of drug-likeness (QED) is 0.665. The average Bonchev–Trinajstić information content (AvgIpc) is 2.08. The Morgan fingerprint density at radius 2 is 1.92 bits per heavy atom. The van der Waals surface area contributed by atoms with Crippen molar-refractivity contribution in [3.8, 4) is 0 Å². The molecule has 0 saturated carbocycles. The van der Waals surface area contributed by atoms with Gasteiger partial charge in [-0.05, 0) is 59.2 Å². The number of rotatable bonds is 4.